The Morgan fingerprint density at radius 1 is 1.08 bits per heavy atom. The Morgan fingerprint density at radius 3 is 2.68 bits per heavy atom. The number of rotatable bonds is 5. The van der Waals surface area contributed by atoms with Gasteiger partial charge in [-0.1, -0.05) is 29.8 Å². The minimum absolute atomic E-state index is 0.191. The van der Waals surface area contributed by atoms with E-state index in [1.54, 1.807) is 41.0 Å². The van der Waals surface area contributed by atoms with E-state index in [0.29, 0.717) is 27.9 Å². The van der Waals surface area contributed by atoms with Gasteiger partial charge in [-0.15, -0.1) is 0 Å². The Balaban J connectivity index is 1.39. The first-order valence-corrected chi connectivity index (χ1v) is 12.5. The Bertz CT molecular complexity index is 1860. The minimum atomic E-state index is -0.220. The minimum Gasteiger partial charge on any atom is -0.481 e. The molecule has 1 aliphatic rings. The van der Waals surface area contributed by atoms with Gasteiger partial charge in [-0.05, 0) is 30.7 Å². The van der Waals surface area contributed by atoms with Crippen LogP contribution < -0.4 is 15.2 Å². The van der Waals surface area contributed by atoms with E-state index in [0.717, 1.165) is 41.0 Å². The number of fused-ring (bicyclic) bond motifs is 2. The van der Waals surface area contributed by atoms with Crippen LogP contribution in [0, 0.1) is 0 Å². The van der Waals surface area contributed by atoms with Gasteiger partial charge in [0.2, 0.25) is 5.88 Å². The molecule has 0 bridgehead atoms. The van der Waals surface area contributed by atoms with Crippen molar-refractivity contribution in [2.75, 3.05) is 18.6 Å². The Labute approximate surface area is 221 Å². The van der Waals surface area contributed by atoms with Gasteiger partial charge >= 0.3 is 0 Å². The summed E-state index contributed by atoms with van der Waals surface area (Å²) in [7, 11) is 1.59. The highest BCUT2D eigenvalue weighted by Crippen LogP contribution is 2.42. The van der Waals surface area contributed by atoms with E-state index in [1.165, 1.54) is 0 Å². The van der Waals surface area contributed by atoms with Gasteiger partial charge in [-0.3, -0.25) is 9.36 Å². The van der Waals surface area contributed by atoms with E-state index < -0.39 is 0 Å². The van der Waals surface area contributed by atoms with E-state index >= 15 is 0 Å². The number of pyridine rings is 1. The maximum atomic E-state index is 13.7. The zero-order valence-electron chi connectivity index (χ0n) is 20.2. The van der Waals surface area contributed by atoms with Crippen LogP contribution >= 0.6 is 11.6 Å². The van der Waals surface area contributed by atoms with E-state index in [4.69, 9.17) is 26.4 Å². The van der Waals surface area contributed by atoms with Crippen LogP contribution in [0.5, 0.6) is 5.88 Å². The van der Waals surface area contributed by atoms with Crippen molar-refractivity contribution in [1.82, 2.24) is 34.1 Å². The van der Waals surface area contributed by atoms with E-state index in [1.807, 2.05) is 48.7 Å². The first-order valence-electron chi connectivity index (χ1n) is 12.1. The van der Waals surface area contributed by atoms with E-state index in [9.17, 15) is 4.79 Å². The maximum Gasteiger partial charge on any atom is 0.284 e. The number of nitrogens with zero attached hydrogens (tertiary/aromatic N) is 7. The average Bonchev–Trinajstić information content (AvgIpc) is 3.53. The van der Waals surface area contributed by atoms with Crippen molar-refractivity contribution in [2.24, 2.45) is 0 Å². The zero-order valence-corrected chi connectivity index (χ0v) is 21.0. The third kappa shape index (κ3) is 3.37. The lowest BCUT2D eigenvalue weighted by molar-refractivity contribution is 0.398. The Morgan fingerprint density at radius 2 is 1.95 bits per heavy atom. The molecule has 0 spiro atoms. The summed E-state index contributed by atoms with van der Waals surface area (Å²) in [6.07, 6.45) is 7.74. The first kappa shape index (κ1) is 22.5. The lowest BCUT2D eigenvalue weighted by atomic mass is 10.00. The molecule has 5 aromatic heterocycles. The second-order valence-electron chi connectivity index (χ2n) is 9.00. The van der Waals surface area contributed by atoms with Crippen molar-refractivity contribution >= 4 is 34.0 Å². The molecular formula is C27H21ClN8O2. The Hall–Kier alpha value is -4.70. The molecule has 0 aliphatic carbocycles. The molecule has 1 atom stereocenters. The van der Waals surface area contributed by atoms with Crippen LogP contribution in [0.1, 0.15) is 18.3 Å². The van der Waals surface area contributed by atoms with Gasteiger partial charge < -0.3 is 14.6 Å². The van der Waals surface area contributed by atoms with E-state index in [2.05, 4.69) is 19.9 Å². The first-order chi connectivity index (χ1) is 18.6. The molecule has 1 saturated heterocycles. The molecule has 38 heavy (non-hydrogen) atoms. The number of nitrogens with one attached hydrogen (secondary N) is 1. The fraction of sp³-hybridized carbons (Fsp3) is 0.148. The topological polar surface area (TPSA) is 106 Å². The second kappa shape index (κ2) is 8.70. The third-order valence-electron chi connectivity index (χ3n) is 6.97. The average molecular weight is 525 g/mol. The number of anilines is 1. The SMILES string of the molecule is COc1ccc(-c2c[nH]c3ncnc(N4CC[C@H]4c4nn5ccc(Cl)c5c(=O)n4-c4ccccc4)c23)cn1. The number of H-pyrrole nitrogens is 1. The highest BCUT2D eigenvalue weighted by Gasteiger charge is 2.37. The van der Waals surface area contributed by atoms with Crippen LogP contribution in [0.25, 0.3) is 33.4 Å². The van der Waals surface area contributed by atoms with Gasteiger partial charge in [0.15, 0.2) is 5.82 Å². The molecule has 10 nitrogen and oxygen atoms in total. The number of aromatic amines is 1. The predicted molar refractivity (Wildman–Crippen MR) is 144 cm³/mol. The maximum absolute atomic E-state index is 13.7. The van der Waals surface area contributed by atoms with Crippen LogP contribution in [0.15, 0.2) is 78.2 Å². The summed E-state index contributed by atoms with van der Waals surface area (Å²) in [6, 6.07) is 14.8. The van der Waals surface area contributed by atoms with Crippen LogP contribution in [0.4, 0.5) is 5.82 Å². The number of halogens is 1. The Kier molecular flexibility index (Phi) is 5.15. The molecule has 6 aromatic rings. The van der Waals surface area contributed by atoms with Crippen molar-refractivity contribution < 1.29 is 4.74 Å². The van der Waals surface area contributed by atoms with Crippen molar-refractivity contribution in [2.45, 2.75) is 12.5 Å². The summed E-state index contributed by atoms with van der Waals surface area (Å²) >= 11 is 6.37. The molecule has 0 unspecified atom stereocenters. The molecule has 0 amide bonds. The molecule has 11 heteroatoms. The smallest absolute Gasteiger partial charge is 0.284 e. The molecule has 0 radical (unpaired) electrons. The van der Waals surface area contributed by atoms with Crippen molar-refractivity contribution in [3.05, 3.63) is 94.6 Å². The number of benzene rings is 1. The molecular weight excluding hydrogens is 504 g/mol. The van der Waals surface area contributed by atoms with Crippen molar-refractivity contribution in [3.8, 4) is 22.7 Å². The summed E-state index contributed by atoms with van der Waals surface area (Å²) < 4.78 is 8.44. The van der Waals surface area contributed by atoms with Crippen LogP contribution in [0.2, 0.25) is 5.02 Å². The molecule has 188 valence electrons. The summed E-state index contributed by atoms with van der Waals surface area (Å²) in [4.78, 5) is 32.7. The highest BCUT2D eigenvalue weighted by molar-refractivity contribution is 6.33. The largest absolute Gasteiger partial charge is 0.481 e. The van der Waals surface area contributed by atoms with Gasteiger partial charge in [0.05, 0.1) is 29.2 Å². The molecule has 1 aliphatic heterocycles. The second-order valence-corrected chi connectivity index (χ2v) is 9.41. The molecule has 1 fully saturated rings. The monoisotopic (exact) mass is 524 g/mol. The van der Waals surface area contributed by atoms with Crippen molar-refractivity contribution in [3.63, 3.8) is 0 Å². The zero-order chi connectivity index (χ0) is 25.8. The van der Waals surface area contributed by atoms with Crippen LogP contribution in [0.3, 0.4) is 0 Å². The van der Waals surface area contributed by atoms with Gasteiger partial charge in [0.25, 0.3) is 5.56 Å². The van der Waals surface area contributed by atoms with Gasteiger partial charge in [-0.25, -0.2) is 19.5 Å². The van der Waals surface area contributed by atoms with E-state index in [-0.39, 0.29) is 11.6 Å². The number of para-hydroxylation sites is 1. The fourth-order valence-electron chi connectivity index (χ4n) is 5.05. The summed E-state index contributed by atoms with van der Waals surface area (Å²) in [5, 5.41) is 6.12. The van der Waals surface area contributed by atoms with Gasteiger partial charge in [0.1, 0.15) is 23.3 Å². The number of hydrogen-bond acceptors (Lipinski definition) is 7. The number of hydrogen-bond donors (Lipinski definition) is 1. The number of ether oxygens (including phenoxy) is 1. The number of methoxy groups -OCH3 is 1. The molecule has 6 heterocycles. The molecule has 1 aromatic carbocycles. The summed E-state index contributed by atoms with van der Waals surface area (Å²) in [6.45, 7) is 0.747. The quantitative estimate of drug-likeness (QED) is 0.355. The van der Waals surface area contributed by atoms with Crippen molar-refractivity contribution in [1.29, 1.82) is 0 Å². The normalized spacial score (nSPS) is 15.2. The highest BCUT2D eigenvalue weighted by atomic mass is 35.5. The van der Waals surface area contributed by atoms with Crippen LogP contribution in [-0.2, 0) is 0 Å². The molecule has 1 N–H and O–H groups in total. The molecule has 0 saturated carbocycles. The van der Waals surface area contributed by atoms with Gasteiger partial charge in [0, 0.05) is 42.3 Å². The van der Waals surface area contributed by atoms with Gasteiger partial charge in [-0.2, -0.15) is 5.10 Å². The third-order valence-corrected chi connectivity index (χ3v) is 7.28. The summed E-state index contributed by atoms with van der Waals surface area (Å²) in [5.74, 6) is 1.92. The fourth-order valence-corrected chi connectivity index (χ4v) is 5.28. The summed E-state index contributed by atoms with van der Waals surface area (Å²) in [5.41, 5.74) is 3.40. The number of aromatic nitrogens is 7. The lowest BCUT2D eigenvalue weighted by Gasteiger charge is -2.42. The predicted octanol–water partition coefficient (Wildman–Crippen LogP) is 4.43. The standard InChI is InChI=1S/C27H21ClN8O2/c1-38-21-8-7-16(13-29-21)18-14-30-24-22(18)26(32-15-31-24)34-11-10-20(34)25-33-35-12-9-19(28)23(35)27(37)36(25)17-5-3-2-4-6-17/h2-9,12-15,20H,10-11H2,1H3,(H,30,31,32)/t20-/m0/s1. The molecule has 7 rings (SSSR count). The lowest BCUT2D eigenvalue weighted by Crippen LogP contribution is -2.45. The van der Waals surface area contributed by atoms with Crippen LogP contribution in [-0.4, -0.2) is 47.8 Å².